The summed E-state index contributed by atoms with van der Waals surface area (Å²) in [6.07, 6.45) is 0. The molecule has 0 radical (unpaired) electrons. The Morgan fingerprint density at radius 3 is 2.50 bits per heavy atom. The van der Waals surface area contributed by atoms with Crippen molar-refractivity contribution in [3.05, 3.63) is 66.2 Å². The van der Waals surface area contributed by atoms with Crippen LogP contribution in [0.1, 0.15) is 12.5 Å². The average Bonchev–Trinajstić information content (AvgIpc) is 3.30. The molecule has 1 amide bonds. The summed E-state index contributed by atoms with van der Waals surface area (Å²) >= 11 is 0. The molecule has 0 bridgehead atoms. The zero-order chi connectivity index (χ0) is 22.5. The topological polar surface area (TPSA) is 78.1 Å². The van der Waals surface area contributed by atoms with Gasteiger partial charge in [-0.15, -0.1) is 0 Å². The number of amides is 1. The van der Waals surface area contributed by atoms with Gasteiger partial charge in [0.25, 0.3) is 0 Å². The maximum atomic E-state index is 12.6. The van der Waals surface area contributed by atoms with Gasteiger partial charge in [0.2, 0.25) is 12.7 Å². The number of hydrogen-bond acceptors (Lipinski definition) is 6. The molecule has 4 rings (SSSR count). The van der Waals surface area contributed by atoms with E-state index in [2.05, 4.69) is 10.6 Å². The molecule has 0 aliphatic carbocycles. The number of carbonyl (C=O) groups excluding carboxylic acids is 1. The van der Waals surface area contributed by atoms with Gasteiger partial charge in [-0.3, -0.25) is 4.79 Å². The predicted molar refractivity (Wildman–Crippen MR) is 122 cm³/mol. The van der Waals surface area contributed by atoms with Crippen LogP contribution in [0.15, 0.2) is 60.7 Å². The second-order valence-corrected chi connectivity index (χ2v) is 7.42. The minimum Gasteiger partial charge on any atom is -0.497 e. The highest BCUT2D eigenvalue weighted by atomic mass is 16.7. The Bertz CT molecular complexity index is 1100. The molecule has 0 spiro atoms. The molecule has 0 aromatic heterocycles. The molecule has 2 N–H and O–H groups in total. The Morgan fingerprint density at radius 2 is 1.75 bits per heavy atom. The van der Waals surface area contributed by atoms with E-state index in [4.69, 9.17) is 18.9 Å². The highest BCUT2D eigenvalue weighted by Crippen LogP contribution is 2.34. The van der Waals surface area contributed by atoms with Crippen molar-refractivity contribution in [3.8, 4) is 34.1 Å². The van der Waals surface area contributed by atoms with Crippen molar-refractivity contribution in [1.82, 2.24) is 5.32 Å². The molecule has 0 fully saturated rings. The van der Waals surface area contributed by atoms with E-state index in [1.807, 2.05) is 67.6 Å². The van der Waals surface area contributed by atoms with E-state index < -0.39 is 6.04 Å². The number of fused-ring (bicyclic) bond motifs is 1. The molecule has 7 nitrogen and oxygen atoms in total. The molecule has 1 atom stereocenters. The Balaban J connectivity index is 1.41. The van der Waals surface area contributed by atoms with Gasteiger partial charge in [-0.2, -0.15) is 0 Å². The molecule has 3 aromatic carbocycles. The van der Waals surface area contributed by atoms with Crippen molar-refractivity contribution in [2.24, 2.45) is 0 Å². The standard InChI is InChI=1S/C25H26N2O5/c1-16(25(28)26-14-17-4-10-23-24(12-17)32-15-31-23)27-19-7-11-22(30-3)21(13-19)18-5-8-20(29-2)9-6-18/h4-13,16,27H,14-15H2,1-3H3,(H,26,28)/t16-/m0/s1. The summed E-state index contributed by atoms with van der Waals surface area (Å²) in [5.74, 6) is 2.86. The third-order valence-electron chi connectivity index (χ3n) is 5.28. The summed E-state index contributed by atoms with van der Waals surface area (Å²) in [7, 11) is 3.28. The Morgan fingerprint density at radius 1 is 0.969 bits per heavy atom. The van der Waals surface area contributed by atoms with Crippen molar-refractivity contribution >= 4 is 11.6 Å². The maximum absolute atomic E-state index is 12.6. The number of nitrogens with one attached hydrogen (secondary N) is 2. The zero-order valence-corrected chi connectivity index (χ0v) is 18.3. The maximum Gasteiger partial charge on any atom is 0.242 e. The van der Waals surface area contributed by atoms with Gasteiger partial charge in [-0.05, 0) is 60.5 Å². The van der Waals surface area contributed by atoms with E-state index >= 15 is 0 Å². The van der Waals surface area contributed by atoms with Gasteiger partial charge in [-0.1, -0.05) is 18.2 Å². The smallest absolute Gasteiger partial charge is 0.242 e. The van der Waals surface area contributed by atoms with Gasteiger partial charge in [0.05, 0.1) is 14.2 Å². The van der Waals surface area contributed by atoms with Crippen molar-refractivity contribution in [2.45, 2.75) is 19.5 Å². The Hall–Kier alpha value is -3.87. The van der Waals surface area contributed by atoms with E-state index in [-0.39, 0.29) is 12.7 Å². The molecule has 1 heterocycles. The monoisotopic (exact) mass is 434 g/mol. The molecule has 0 saturated carbocycles. The van der Waals surface area contributed by atoms with Gasteiger partial charge in [0.15, 0.2) is 11.5 Å². The molecule has 0 saturated heterocycles. The lowest BCUT2D eigenvalue weighted by Crippen LogP contribution is -2.37. The fourth-order valence-electron chi connectivity index (χ4n) is 3.50. The zero-order valence-electron chi connectivity index (χ0n) is 18.3. The second-order valence-electron chi connectivity index (χ2n) is 7.42. The molecule has 166 valence electrons. The molecule has 1 aliphatic heterocycles. The fourth-order valence-corrected chi connectivity index (χ4v) is 3.50. The lowest BCUT2D eigenvalue weighted by atomic mass is 10.0. The molecular weight excluding hydrogens is 408 g/mol. The van der Waals surface area contributed by atoms with Crippen LogP contribution in [0.4, 0.5) is 5.69 Å². The summed E-state index contributed by atoms with van der Waals surface area (Å²) in [5, 5.41) is 6.22. The largest absolute Gasteiger partial charge is 0.497 e. The molecule has 3 aromatic rings. The average molecular weight is 434 g/mol. The fraction of sp³-hybridized carbons (Fsp3) is 0.240. The third-order valence-corrected chi connectivity index (χ3v) is 5.28. The van der Waals surface area contributed by atoms with Crippen molar-refractivity contribution in [1.29, 1.82) is 0 Å². The minimum atomic E-state index is -0.430. The van der Waals surface area contributed by atoms with Crippen LogP contribution >= 0.6 is 0 Å². The Kier molecular flexibility index (Phi) is 6.35. The SMILES string of the molecule is COc1ccc(-c2cc(N[C@@H](C)C(=O)NCc3ccc4c(c3)OCO4)ccc2OC)cc1. The highest BCUT2D eigenvalue weighted by Gasteiger charge is 2.16. The third kappa shape index (κ3) is 4.72. The van der Waals surface area contributed by atoms with Gasteiger partial charge in [-0.25, -0.2) is 0 Å². The van der Waals surface area contributed by atoms with E-state index in [0.717, 1.165) is 39.6 Å². The quantitative estimate of drug-likeness (QED) is 0.553. The number of carbonyl (C=O) groups is 1. The first-order valence-electron chi connectivity index (χ1n) is 10.3. The number of hydrogen-bond donors (Lipinski definition) is 2. The lowest BCUT2D eigenvalue weighted by molar-refractivity contribution is -0.121. The summed E-state index contributed by atoms with van der Waals surface area (Å²) in [4.78, 5) is 12.6. The van der Waals surface area contributed by atoms with Crippen LogP contribution in [0.25, 0.3) is 11.1 Å². The summed E-state index contributed by atoms with van der Waals surface area (Å²) < 4.78 is 21.5. The minimum absolute atomic E-state index is 0.107. The van der Waals surface area contributed by atoms with E-state index in [0.29, 0.717) is 12.3 Å². The van der Waals surface area contributed by atoms with Crippen LogP contribution in [0.3, 0.4) is 0 Å². The lowest BCUT2D eigenvalue weighted by Gasteiger charge is -2.17. The van der Waals surface area contributed by atoms with Crippen molar-refractivity contribution in [3.63, 3.8) is 0 Å². The number of anilines is 1. The predicted octanol–water partition coefficient (Wildman–Crippen LogP) is 4.22. The van der Waals surface area contributed by atoms with Crippen LogP contribution < -0.4 is 29.6 Å². The molecule has 0 unspecified atom stereocenters. The van der Waals surface area contributed by atoms with Crippen LogP contribution in [-0.2, 0) is 11.3 Å². The van der Waals surface area contributed by atoms with Crippen LogP contribution in [0.5, 0.6) is 23.0 Å². The second kappa shape index (κ2) is 9.51. The normalized spacial score (nSPS) is 12.7. The summed E-state index contributed by atoms with van der Waals surface area (Å²) in [6, 6.07) is 18.7. The first-order chi connectivity index (χ1) is 15.6. The molecule has 1 aliphatic rings. The number of rotatable bonds is 8. The number of methoxy groups -OCH3 is 2. The van der Waals surface area contributed by atoms with Crippen molar-refractivity contribution < 1.29 is 23.7 Å². The Labute approximate surface area is 187 Å². The highest BCUT2D eigenvalue weighted by molar-refractivity contribution is 5.85. The summed E-state index contributed by atoms with van der Waals surface area (Å²) in [5.41, 5.74) is 3.68. The first-order valence-corrected chi connectivity index (χ1v) is 10.3. The number of benzene rings is 3. The van der Waals surface area contributed by atoms with Gasteiger partial charge in [0, 0.05) is 17.8 Å². The van der Waals surface area contributed by atoms with Gasteiger partial charge < -0.3 is 29.6 Å². The van der Waals surface area contributed by atoms with Crippen LogP contribution in [0, 0.1) is 0 Å². The number of ether oxygens (including phenoxy) is 4. The molecule has 32 heavy (non-hydrogen) atoms. The van der Waals surface area contributed by atoms with E-state index in [1.54, 1.807) is 14.2 Å². The van der Waals surface area contributed by atoms with E-state index in [9.17, 15) is 4.79 Å². The van der Waals surface area contributed by atoms with Crippen molar-refractivity contribution in [2.75, 3.05) is 26.3 Å². The van der Waals surface area contributed by atoms with Crippen LogP contribution in [0.2, 0.25) is 0 Å². The van der Waals surface area contributed by atoms with Gasteiger partial charge >= 0.3 is 0 Å². The van der Waals surface area contributed by atoms with Gasteiger partial charge in [0.1, 0.15) is 17.5 Å². The first kappa shape index (κ1) is 21.4. The van der Waals surface area contributed by atoms with E-state index in [1.165, 1.54) is 0 Å². The summed E-state index contributed by atoms with van der Waals surface area (Å²) in [6.45, 7) is 2.46. The molecule has 7 heteroatoms. The molecular formula is C25H26N2O5. The van der Waals surface area contributed by atoms with Crippen LogP contribution in [-0.4, -0.2) is 33.0 Å².